The smallest absolute Gasteiger partial charge is 0.347 e. The second-order valence-corrected chi connectivity index (χ2v) is 5.64. The summed E-state index contributed by atoms with van der Waals surface area (Å²) in [6, 6.07) is 19.1. The molecule has 0 radical (unpaired) electrons. The lowest BCUT2D eigenvalue weighted by molar-refractivity contribution is 0.0730. The molecule has 1 aliphatic rings. The summed E-state index contributed by atoms with van der Waals surface area (Å²) in [7, 11) is 0. The third-order valence-corrected chi connectivity index (χ3v) is 4.13. The summed E-state index contributed by atoms with van der Waals surface area (Å²) in [5.41, 5.74) is 1.45. The van der Waals surface area contributed by atoms with Crippen LogP contribution in [0.15, 0.2) is 72.8 Å². The van der Waals surface area contributed by atoms with Crippen LogP contribution in [0.4, 0.5) is 0 Å². The lowest BCUT2D eigenvalue weighted by Gasteiger charge is -2.13. The molecule has 1 aliphatic heterocycles. The van der Waals surface area contributed by atoms with Crippen LogP contribution in [0.5, 0.6) is 11.5 Å². The summed E-state index contributed by atoms with van der Waals surface area (Å²) in [5.74, 6) is 0.737. The summed E-state index contributed by atoms with van der Waals surface area (Å²) in [4.78, 5) is 12.6. The van der Waals surface area contributed by atoms with Crippen LogP contribution >= 0.6 is 0 Å². The van der Waals surface area contributed by atoms with E-state index < -0.39 is 5.97 Å². The van der Waals surface area contributed by atoms with Crippen LogP contribution in [0.3, 0.4) is 0 Å². The van der Waals surface area contributed by atoms with Gasteiger partial charge in [0.25, 0.3) is 0 Å². The minimum absolute atomic E-state index is 0.399. The van der Waals surface area contributed by atoms with Gasteiger partial charge in [0, 0.05) is 5.56 Å². The molecule has 0 saturated heterocycles. The highest BCUT2D eigenvalue weighted by atomic mass is 16.5. The number of esters is 1. The molecule has 0 saturated carbocycles. The quantitative estimate of drug-likeness (QED) is 0.347. The first-order valence-corrected chi connectivity index (χ1v) is 7.92. The van der Waals surface area contributed by atoms with Gasteiger partial charge in [0.15, 0.2) is 0 Å². The van der Waals surface area contributed by atoms with Crippen molar-refractivity contribution in [2.24, 2.45) is 0 Å². The molecule has 24 heavy (non-hydrogen) atoms. The lowest BCUT2D eigenvalue weighted by Crippen LogP contribution is -2.11. The van der Waals surface area contributed by atoms with Crippen molar-refractivity contribution in [1.82, 2.24) is 0 Å². The normalized spacial score (nSPS) is 15.4. The Morgan fingerprint density at radius 1 is 0.792 bits per heavy atom. The van der Waals surface area contributed by atoms with Crippen LogP contribution in [0.2, 0.25) is 0 Å². The Bertz CT molecular complexity index is 941. The third-order valence-electron chi connectivity index (χ3n) is 4.13. The molecule has 0 aromatic heterocycles. The van der Waals surface area contributed by atoms with E-state index in [1.807, 2.05) is 42.5 Å². The highest BCUT2D eigenvalue weighted by molar-refractivity contribution is 5.95. The van der Waals surface area contributed by atoms with Crippen molar-refractivity contribution in [3.05, 3.63) is 83.9 Å². The van der Waals surface area contributed by atoms with Crippen molar-refractivity contribution in [3.8, 4) is 11.5 Å². The molecule has 0 bridgehead atoms. The Morgan fingerprint density at radius 3 is 2.58 bits per heavy atom. The summed E-state index contributed by atoms with van der Waals surface area (Å²) in [6.07, 6.45) is 4.70. The summed E-state index contributed by atoms with van der Waals surface area (Å²) in [5, 5.41) is 2.23. The van der Waals surface area contributed by atoms with E-state index in [1.165, 1.54) is 0 Å². The Kier molecular flexibility index (Phi) is 3.75. The molecule has 0 fully saturated rings. The van der Waals surface area contributed by atoms with Gasteiger partial charge in [-0.1, -0.05) is 54.6 Å². The lowest BCUT2D eigenvalue weighted by atomic mass is 10.0. The van der Waals surface area contributed by atoms with Crippen LogP contribution < -0.4 is 9.47 Å². The molecule has 0 aliphatic carbocycles. The van der Waals surface area contributed by atoms with Gasteiger partial charge in [-0.25, -0.2) is 4.79 Å². The summed E-state index contributed by atoms with van der Waals surface area (Å²) < 4.78 is 11.4. The zero-order valence-corrected chi connectivity index (χ0v) is 13.1. The Labute approximate surface area is 140 Å². The zero-order chi connectivity index (χ0) is 16.4. The Balaban J connectivity index is 1.86. The summed E-state index contributed by atoms with van der Waals surface area (Å²) in [6.45, 7) is 0.421. The number of benzene rings is 3. The van der Waals surface area contributed by atoms with Gasteiger partial charge < -0.3 is 9.47 Å². The molecular weight excluding hydrogens is 300 g/mol. The minimum atomic E-state index is -0.399. The van der Waals surface area contributed by atoms with E-state index in [2.05, 4.69) is 12.1 Å². The fourth-order valence-corrected chi connectivity index (χ4v) is 2.95. The van der Waals surface area contributed by atoms with Crippen molar-refractivity contribution >= 4 is 16.7 Å². The predicted molar refractivity (Wildman–Crippen MR) is 93.7 cm³/mol. The molecule has 0 N–H and O–H groups in total. The first-order valence-electron chi connectivity index (χ1n) is 7.92. The molecule has 3 aromatic rings. The maximum absolute atomic E-state index is 12.6. The average Bonchev–Trinajstić information content (AvgIpc) is 2.65. The minimum Gasteiger partial charge on any atom is -0.489 e. The number of rotatable bonds is 0. The first-order chi connectivity index (χ1) is 11.8. The van der Waals surface area contributed by atoms with E-state index in [-0.39, 0.29) is 0 Å². The zero-order valence-electron chi connectivity index (χ0n) is 13.1. The van der Waals surface area contributed by atoms with E-state index in [1.54, 1.807) is 18.2 Å². The van der Waals surface area contributed by atoms with Crippen molar-refractivity contribution in [2.75, 3.05) is 6.61 Å². The number of ether oxygens (including phenoxy) is 2. The van der Waals surface area contributed by atoms with Gasteiger partial charge in [-0.3, -0.25) is 0 Å². The fraction of sp³-hybridized carbons (Fsp3) is 0.0952. The number of carbonyl (C=O) groups is 1. The standard InChI is InChI=1S/C21H16O3/c22-21-18-10-3-4-11-19(18)23-14-6-5-9-17-16-8-2-1-7-15(16)12-13-20(17)24-21/h1-8,10-13H,9,14H2/b6-5-. The maximum Gasteiger partial charge on any atom is 0.347 e. The van der Waals surface area contributed by atoms with Gasteiger partial charge in [0.05, 0.1) is 0 Å². The van der Waals surface area contributed by atoms with E-state index >= 15 is 0 Å². The number of hydrogen-bond donors (Lipinski definition) is 0. The SMILES string of the molecule is O=C1Oc2ccc3ccccc3c2C/C=C\COc2ccccc21. The van der Waals surface area contributed by atoms with Crippen LogP contribution in [0, 0.1) is 0 Å². The largest absolute Gasteiger partial charge is 0.489 e. The monoisotopic (exact) mass is 316 g/mol. The molecule has 3 nitrogen and oxygen atoms in total. The van der Waals surface area contributed by atoms with Gasteiger partial charge in [-0.05, 0) is 35.4 Å². The van der Waals surface area contributed by atoms with Crippen LogP contribution in [0.25, 0.3) is 10.8 Å². The molecule has 0 spiro atoms. The van der Waals surface area contributed by atoms with Crippen molar-refractivity contribution < 1.29 is 14.3 Å². The van der Waals surface area contributed by atoms with E-state index in [9.17, 15) is 4.79 Å². The second kappa shape index (κ2) is 6.20. The number of fused-ring (bicyclic) bond motifs is 4. The van der Waals surface area contributed by atoms with Crippen molar-refractivity contribution in [3.63, 3.8) is 0 Å². The highest BCUT2D eigenvalue weighted by Crippen LogP contribution is 2.30. The van der Waals surface area contributed by atoms with Crippen molar-refractivity contribution in [1.29, 1.82) is 0 Å². The van der Waals surface area contributed by atoms with E-state index in [0.717, 1.165) is 16.3 Å². The maximum atomic E-state index is 12.6. The number of allylic oxidation sites excluding steroid dienone is 1. The third kappa shape index (κ3) is 2.65. The predicted octanol–water partition coefficient (Wildman–Crippen LogP) is 4.55. The van der Waals surface area contributed by atoms with E-state index in [4.69, 9.17) is 9.47 Å². The number of carbonyl (C=O) groups excluding carboxylic acids is 1. The number of hydrogen-bond acceptors (Lipinski definition) is 3. The van der Waals surface area contributed by atoms with Gasteiger partial charge >= 0.3 is 5.97 Å². The molecule has 0 unspecified atom stereocenters. The molecular formula is C21H16O3. The van der Waals surface area contributed by atoms with Gasteiger partial charge in [0.2, 0.25) is 0 Å². The molecule has 118 valence electrons. The van der Waals surface area contributed by atoms with E-state index in [0.29, 0.717) is 30.1 Å². The average molecular weight is 316 g/mol. The molecule has 1 heterocycles. The van der Waals surface area contributed by atoms with Gasteiger partial charge in [0.1, 0.15) is 23.7 Å². The molecule has 0 atom stereocenters. The fourth-order valence-electron chi connectivity index (χ4n) is 2.95. The van der Waals surface area contributed by atoms with Gasteiger partial charge in [-0.15, -0.1) is 0 Å². The molecule has 0 amide bonds. The van der Waals surface area contributed by atoms with Crippen molar-refractivity contribution in [2.45, 2.75) is 6.42 Å². The van der Waals surface area contributed by atoms with Crippen LogP contribution in [-0.4, -0.2) is 12.6 Å². The topological polar surface area (TPSA) is 35.5 Å². The van der Waals surface area contributed by atoms with Gasteiger partial charge in [-0.2, -0.15) is 0 Å². The van der Waals surface area contributed by atoms with Crippen LogP contribution in [-0.2, 0) is 6.42 Å². The first kappa shape index (κ1) is 14.5. The molecule has 4 rings (SSSR count). The molecule has 3 heteroatoms. The Morgan fingerprint density at radius 2 is 1.62 bits per heavy atom. The number of para-hydroxylation sites is 1. The molecule has 3 aromatic carbocycles. The Hall–Kier alpha value is -3.07. The second-order valence-electron chi connectivity index (χ2n) is 5.64. The highest BCUT2D eigenvalue weighted by Gasteiger charge is 2.17. The van der Waals surface area contributed by atoms with Crippen LogP contribution in [0.1, 0.15) is 15.9 Å². The summed E-state index contributed by atoms with van der Waals surface area (Å²) >= 11 is 0.